The molecule has 2 aromatic heterocycles. The fourth-order valence-electron chi connectivity index (χ4n) is 2.69. The highest BCUT2D eigenvalue weighted by Crippen LogP contribution is 2.22. The molecule has 1 unspecified atom stereocenters. The molecular formula is C13H20ClN5O2S. The van der Waals surface area contributed by atoms with Gasteiger partial charge >= 0.3 is 0 Å². The summed E-state index contributed by atoms with van der Waals surface area (Å²) in [4.78, 5) is 4.50. The molecule has 0 aromatic carbocycles. The number of sulfonamides is 1. The van der Waals surface area contributed by atoms with Crippen molar-refractivity contribution in [2.24, 2.45) is 7.05 Å². The first-order valence-electron chi connectivity index (χ1n) is 6.92. The van der Waals surface area contributed by atoms with Gasteiger partial charge in [0.1, 0.15) is 4.90 Å². The number of nitrogens with zero attached hydrogens (tertiary/aromatic N) is 4. The molecule has 0 spiro atoms. The fraction of sp³-hybridized carbons (Fsp3) is 0.538. The molecule has 1 N–H and O–H groups in total. The summed E-state index contributed by atoms with van der Waals surface area (Å²) in [7, 11) is -1.70. The second kappa shape index (κ2) is 6.11. The lowest BCUT2D eigenvalue weighted by Crippen LogP contribution is -2.51. The van der Waals surface area contributed by atoms with Crippen LogP contribution in [0.2, 0.25) is 0 Å². The summed E-state index contributed by atoms with van der Waals surface area (Å²) in [6.07, 6.45) is 1.42. The number of piperazine rings is 1. The molecule has 0 aliphatic carbocycles. The third-order valence-corrected chi connectivity index (χ3v) is 5.64. The molecule has 1 aliphatic rings. The first-order chi connectivity index (χ1) is 9.89. The van der Waals surface area contributed by atoms with Gasteiger partial charge in [-0.15, -0.1) is 12.4 Å². The van der Waals surface area contributed by atoms with Crippen molar-refractivity contribution in [1.82, 2.24) is 24.4 Å². The van der Waals surface area contributed by atoms with Gasteiger partial charge in [0.15, 0.2) is 5.65 Å². The summed E-state index contributed by atoms with van der Waals surface area (Å²) in [6.45, 7) is 5.47. The number of hydrogen-bond donors (Lipinski definition) is 1. The van der Waals surface area contributed by atoms with Gasteiger partial charge < -0.3 is 5.32 Å². The van der Waals surface area contributed by atoms with Gasteiger partial charge in [-0.05, 0) is 19.9 Å². The fourth-order valence-corrected chi connectivity index (χ4v) is 4.20. The van der Waals surface area contributed by atoms with Crippen molar-refractivity contribution in [3.63, 3.8) is 0 Å². The lowest BCUT2D eigenvalue weighted by atomic mass is 10.3. The molecule has 1 fully saturated rings. The maximum absolute atomic E-state index is 12.7. The molecule has 0 amide bonds. The molecule has 0 radical (unpaired) electrons. The number of nitrogens with one attached hydrogen (secondary N) is 1. The van der Waals surface area contributed by atoms with Crippen molar-refractivity contribution in [2.75, 3.05) is 19.6 Å². The van der Waals surface area contributed by atoms with E-state index >= 15 is 0 Å². The second-order valence-electron chi connectivity index (χ2n) is 5.47. The van der Waals surface area contributed by atoms with Crippen LogP contribution >= 0.6 is 12.4 Å². The highest BCUT2D eigenvalue weighted by Gasteiger charge is 2.29. The molecule has 0 saturated carbocycles. The highest BCUT2D eigenvalue weighted by atomic mass is 35.5. The minimum atomic E-state index is -3.50. The number of aryl methyl sites for hydroxylation is 2. The predicted molar refractivity (Wildman–Crippen MR) is 86.7 cm³/mol. The Morgan fingerprint density at radius 1 is 1.41 bits per heavy atom. The first-order valence-corrected chi connectivity index (χ1v) is 8.36. The van der Waals surface area contributed by atoms with E-state index < -0.39 is 10.0 Å². The van der Waals surface area contributed by atoms with E-state index in [0.29, 0.717) is 25.3 Å². The van der Waals surface area contributed by atoms with E-state index in [1.165, 1.54) is 10.5 Å². The molecule has 1 saturated heterocycles. The third-order valence-electron chi connectivity index (χ3n) is 3.81. The van der Waals surface area contributed by atoms with E-state index in [1.54, 1.807) is 17.8 Å². The van der Waals surface area contributed by atoms with Crippen molar-refractivity contribution in [2.45, 2.75) is 24.8 Å². The van der Waals surface area contributed by atoms with Gasteiger partial charge in [-0.1, -0.05) is 0 Å². The summed E-state index contributed by atoms with van der Waals surface area (Å²) < 4.78 is 28.6. The number of halogens is 1. The Hall–Kier alpha value is -1.22. The number of pyridine rings is 1. The lowest BCUT2D eigenvalue weighted by molar-refractivity contribution is 0.310. The van der Waals surface area contributed by atoms with E-state index in [2.05, 4.69) is 15.4 Å². The average molecular weight is 346 g/mol. The van der Waals surface area contributed by atoms with E-state index in [-0.39, 0.29) is 23.3 Å². The van der Waals surface area contributed by atoms with Crippen molar-refractivity contribution in [3.8, 4) is 0 Å². The molecule has 3 heterocycles. The molecule has 7 nitrogen and oxygen atoms in total. The largest absolute Gasteiger partial charge is 0.312 e. The number of fused-ring (bicyclic) bond motifs is 1. The molecule has 9 heteroatoms. The first kappa shape index (κ1) is 17.1. The number of hydrogen-bond acceptors (Lipinski definition) is 5. The van der Waals surface area contributed by atoms with Gasteiger partial charge in [-0.3, -0.25) is 4.68 Å². The maximum Gasteiger partial charge on any atom is 0.244 e. The standard InChI is InChI=1S/C13H19N5O2S.ClH/c1-9-8-18(5-4-14-9)21(19,20)11-6-12-10(2)16-17(3)13(12)15-7-11;/h6-7,9,14H,4-5,8H2,1-3H3;1H. The van der Waals surface area contributed by atoms with Gasteiger partial charge in [0.25, 0.3) is 0 Å². The minimum Gasteiger partial charge on any atom is -0.312 e. The molecule has 2 aromatic rings. The van der Waals surface area contributed by atoms with Crippen LogP contribution in [0.3, 0.4) is 0 Å². The Bertz CT molecular complexity index is 789. The molecule has 1 aliphatic heterocycles. The van der Waals surface area contributed by atoms with Crippen molar-refractivity contribution in [1.29, 1.82) is 0 Å². The zero-order valence-corrected chi connectivity index (χ0v) is 14.4. The number of aromatic nitrogens is 3. The van der Waals surface area contributed by atoms with Crippen LogP contribution in [0, 0.1) is 6.92 Å². The van der Waals surface area contributed by atoms with Crippen LogP contribution in [0.5, 0.6) is 0 Å². The summed E-state index contributed by atoms with van der Waals surface area (Å²) >= 11 is 0. The molecule has 3 rings (SSSR count). The Kier molecular flexibility index (Phi) is 4.76. The SMILES string of the molecule is Cc1nn(C)c2ncc(S(=O)(=O)N3CCNC(C)C3)cc12.Cl. The van der Waals surface area contributed by atoms with Crippen LogP contribution in [-0.2, 0) is 17.1 Å². The van der Waals surface area contributed by atoms with Crippen molar-refractivity contribution < 1.29 is 8.42 Å². The maximum atomic E-state index is 12.7. The average Bonchev–Trinajstić information content (AvgIpc) is 2.74. The normalized spacial score (nSPS) is 20.0. The van der Waals surface area contributed by atoms with E-state index in [0.717, 1.165) is 11.1 Å². The van der Waals surface area contributed by atoms with E-state index in [4.69, 9.17) is 0 Å². The summed E-state index contributed by atoms with van der Waals surface area (Å²) in [5, 5.41) is 8.30. The van der Waals surface area contributed by atoms with Gasteiger partial charge in [0, 0.05) is 44.3 Å². The summed E-state index contributed by atoms with van der Waals surface area (Å²) in [5.74, 6) is 0. The van der Waals surface area contributed by atoms with Crippen LogP contribution in [0.1, 0.15) is 12.6 Å². The van der Waals surface area contributed by atoms with Gasteiger partial charge in [0.2, 0.25) is 10.0 Å². The van der Waals surface area contributed by atoms with Gasteiger partial charge in [-0.25, -0.2) is 13.4 Å². The Morgan fingerprint density at radius 2 is 2.14 bits per heavy atom. The molecule has 122 valence electrons. The van der Waals surface area contributed by atoms with Gasteiger partial charge in [-0.2, -0.15) is 9.40 Å². The molecule has 22 heavy (non-hydrogen) atoms. The van der Waals surface area contributed by atoms with Crippen molar-refractivity contribution in [3.05, 3.63) is 18.0 Å². The molecule has 1 atom stereocenters. The lowest BCUT2D eigenvalue weighted by Gasteiger charge is -2.30. The second-order valence-corrected chi connectivity index (χ2v) is 7.41. The van der Waals surface area contributed by atoms with Crippen LogP contribution in [-0.4, -0.2) is 53.2 Å². The topological polar surface area (TPSA) is 80.1 Å². The van der Waals surface area contributed by atoms with Crippen LogP contribution in [0.25, 0.3) is 11.0 Å². The predicted octanol–water partition coefficient (Wildman–Crippen LogP) is 0.681. The highest BCUT2D eigenvalue weighted by molar-refractivity contribution is 7.89. The molecule has 0 bridgehead atoms. The summed E-state index contributed by atoms with van der Waals surface area (Å²) in [6, 6.07) is 1.83. The van der Waals surface area contributed by atoms with E-state index in [9.17, 15) is 8.42 Å². The zero-order chi connectivity index (χ0) is 15.2. The Balaban J connectivity index is 0.00000176. The van der Waals surface area contributed by atoms with Gasteiger partial charge in [0.05, 0.1) is 5.69 Å². The van der Waals surface area contributed by atoms with Crippen LogP contribution in [0.4, 0.5) is 0 Å². The zero-order valence-electron chi connectivity index (χ0n) is 12.8. The Labute approximate surface area is 136 Å². The Morgan fingerprint density at radius 3 is 2.82 bits per heavy atom. The smallest absolute Gasteiger partial charge is 0.244 e. The quantitative estimate of drug-likeness (QED) is 0.865. The summed E-state index contributed by atoms with van der Waals surface area (Å²) in [5.41, 5.74) is 1.48. The number of rotatable bonds is 2. The minimum absolute atomic E-state index is 0. The van der Waals surface area contributed by atoms with Crippen molar-refractivity contribution >= 4 is 33.5 Å². The third kappa shape index (κ3) is 2.83. The molecular weight excluding hydrogens is 326 g/mol. The monoisotopic (exact) mass is 345 g/mol. The van der Waals surface area contributed by atoms with Crippen LogP contribution < -0.4 is 5.32 Å². The van der Waals surface area contributed by atoms with E-state index in [1.807, 2.05) is 13.8 Å². The van der Waals surface area contributed by atoms with Crippen LogP contribution in [0.15, 0.2) is 17.2 Å².